The minimum atomic E-state index is -4.30. The molecule has 4 rings (SSSR count). The molecule has 0 saturated heterocycles. The molecule has 43 heavy (non-hydrogen) atoms. The second kappa shape index (κ2) is 13.9. The van der Waals surface area contributed by atoms with E-state index < -0.39 is 34.3 Å². The van der Waals surface area contributed by atoms with E-state index in [1.54, 1.807) is 31.2 Å². The summed E-state index contributed by atoms with van der Waals surface area (Å²) in [5.41, 5.74) is 1.55. The molecular formula is C32H38FN3O6S. The monoisotopic (exact) mass is 611 g/mol. The number of carbonyl (C=O) groups is 2. The third-order valence-electron chi connectivity index (χ3n) is 7.68. The number of benzene rings is 3. The van der Waals surface area contributed by atoms with Gasteiger partial charge in [-0.25, -0.2) is 12.8 Å². The number of carbonyl (C=O) groups excluding carboxylic acids is 2. The number of sulfonamides is 1. The normalized spacial score (nSPS) is 14.2. The van der Waals surface area contributed by atoms with Crippen LogP contribution in [0.4, 0.5) is 10.1 Å². The van der Waals surface area contributed by atoms with Crippen LogP contribution < -0.4 is 19.1 Å². The number of amides is 2. The van der Waals surface area contributed by atoms with E-state index in [1.807, 2.05) is 6.92 Å². The zero-order valence-electron chi connectivity index (χ0n) is 24.9. The summed E-state index contributed by atoms with van der Waals surface area (Å²) >= 11 is 0. The van der Waals surface area contributed by atoms with Gasteiger partial charge >= 0.3 is 0 Å². The van der Waals surface area contributed by atoms with Crippen LogP contribution in [0.15, 0.2) is 71.6 Å². The highest BCUT2D eigenvalue weighted by atomic mass is 32.2. The Morgan fingerprint density at radius 1 is 0.977 bits per heavy atom. The Kier molecular flexibility index (Phi) is 10.3. The van der Waals surface area contributed by atoms with Gasteiger partial charge in [-0.05, 0) is 68.7 Å². The molecule has 1 N–H and O–H groups in total. The highest BCUT2D eigenvalue weighted by Gasteiger charge is 2.34. The molecule has 0 heterocycles. The minimum Gasteiger partial charge on any atom is -0.497 e. The van der Waals surface area contributed by atoms with Crippen molar-refractivity contribution in [3.05, 3.63) is 83.7 Å². The number of hydrogen-bond donors (Lipinski definition) is 1. The van der Waals surface area contributed by atoms with Crippen molar-refractivity contribution in [2.24, 2.45) is 0 Å². The molecule has 11 heteroatoms. The quantitative estimate of drug-likeness (QED) is 0.315. The van der Waals surface area contributed by atoms with Crippen molar-refractivity contribution >= 4 is 27.5 Å². The Labute approximate surface area is 252 Å². The summed E-state index contributed by atoms with van der Waals surface area (Å²) < 4.78 is 53.8. The van der Waals surface area contributed by atoms with Gasteiger partial charge in [-0.3, -0.25) is 13.9 Å². The first kappa shape index (κ1) is 31.8. The van der Waals surface area contributed by atoms with Crippen molar-refractivity contribution in [3.8, 4) is 11.5 Å². The van der Waals surface area contributed by atoms with Crippen LogP contribution in [-0.2, 0) is 26.2 Å². The second-order valence-corrected chi connectivity index (χ2v) is 12.5. The Morgan fingerprint density at radius 3 is 2.23 bits per heavy atom. The van der Waals surface area contributed by atoms with Crippen molar-refractivity contribution in [3.63, 3.8) is 0 Å². The molecule has 1 atom stereocenters. The molecule has 230 valence electrons. The van der Waals surface area contributed by atoms with E-state index in [9.17, 15) is 22.4 Å². The molecule has 2 amide bonds. The molecule has 0 radical (unpaired) electrons. The summed E-state index contributed by atoms with van der Waals surface area (Å²) in [6.07, 6.45) is 3.77. The Hall–Kier alpha value is -4.12. The van der Waals surface area contributed by atoms with Gasteiger partial charge < -0.3 is 19.7 Å². The maximum atomic E-state index is 14.2. The standard InChI is InChI=1S/C32H38FN3O6S/c1-22-9-16-28(17-10-22)43(39,40)36(29-19-27(41-3)15-18-30(29)42-4)21-31(37)35(20-24-11-13-25(33)14-12-24)23(2)32(38)34-26-7-5-6-8-26/h9-19,23,26H,5-8,20-21H2,1-4H3,(H,34,38)/t23-/m1/s1. The number of rotatable bonds is 12. The predicted octanol–water partition coefficient (Wildman–Crippen LogP) is 4.82. The van der Waals surface area contributed by atoms with Crippen LogP contribution in [0, 0.1) is 12.7 Å². The molecule has 1 saturated carbocycles. The number of hydrogen-bond acceptors (Lipinski definition) is 6. The molecule has 0 spiro atoms. The molecule has 0 bridgehead atoms. The van der Waals surface area contributed by atoms with Crippen LogP contribution in [-0.4, -0.2) is 58.0 Å². The number of halogens is 1. The predicted molar refractivity (Wildman–Crippen MR) is 162 cm³/mol. The number of aryl methyl sites for hydroxylation is 1. The van der Waals surface area contributed by atoms with Gasteiger partial charge in [0.15, 0.2) is 0 Å². The first-order valence-electron chi connectivity index (χ1n) is 14.2. The molecule has 1 aliphatic rings. The van der Waals surface area contributed by atoms with Crippen molar-refractivity contribution < 1.29 is 31.9 Å². The van der Waals surface area contributed by atoms with Crippen molar-refractivity contribution in [2.75, 3.05) is 25.1 Å². The topological polar surface area (TPSA) is 105 Å². The SMILES string of the molecule is COc1ccc(OC)c(N(CC(=O)N(Cc2ccc(F)cc2)[C@H](C)C(=O)NC2CCCC2)S(=O)(=O)c2ccc(C)cc2)c1. The number of ether oxygens (including phenoxy) is 2. The zero-order valence-corrected chi connectivity index (χ0v) is 25.7. The molecule has 9 nitrogen and oxygen atoms in total. The molecule has 3 aromatic carbocycles. The maximum absolute atomic E-state index is 14.2. The molecular weight excluding hydrogens is 573 g/mol. The lowest BCUT2D eigenvalue weighted by molar-refractivity contribution is -0.139. The van der Waals surface area contributed by atoms with Gasteiger partial charge in [-0.15, -0.1) is 0 Å². The third-order valence-corrected chi connectivity index (χ3v) is 9.45. The van der Waals surface area contributed by atoms with E-state index >= 15 is 0 Å². The summed E-state index contributed by atoms with van der Waals surface area (Å²) in [6, 6.07) is 15.7. The maximum Gasteiger partial charge on any atom is 0.264 e. The van der Waals surface area contributed by atoms with E-state index in [1.165, 1.54) is 61.6 Å². The van der Waals surface area contributed by atoms with Gasteiger partial charge in [0.2, 0.25) is 11.8 Å². The number of methoxy groups -OCH3 is 2. The van der Waals surface area contributed by atoms with Crippen LogP contribution in [0.1, 0.15) is 43.7 Å². The fourth-order valence-electron chi connectivity index (χ4n) is 5.10. The highest BCUT2D eigenvalue weighted by molar-refractivity contribution is 7.92. The van der Waals surface area contributed by atoms with E-state index in [4.69, 9.17) is 9.47 Å². The Balaban J connectivity index is 1.75. The van der Waals surface area contributed by atoms with Crippen LogP contribution in [0.5, 0.6) is 11.5 Å². The lowest BCUT2D eigenvalue weighted by atomic mass is 10.1. The minimum absolute atomic E-state index is 0.0205. The summed E-state index contributed by atoms with van der Waals surface area (Å²) in [4.78, 5) is 28.8. The van der Waals surface area contributed by atoms with E-state index in [-0.39, 0.29) is 34.8 Å². The van der Waals surface area contributed by atoms with Crippen LogP contribution in [0.25, 0.3) is 0 Å². The van der Waals surface area contributed by atoms with E-state index in [2.05, 4.69) is 5.32 Å². The van der Waals surface area contributed by atoms with Crippen molar-refractivity contribution in [2.45, 2.75) is 63.1 Å². The zero-order chi connectivity index (χ0) is 31.1. The largest absolute Gasteiger partial charge is 0.497 e. The van der Waals surface area contributed by atoms with Gasteiger partial charge in [0.25, 0.3) is 10.0 Å². The van der Waals surface area contributed by atoms with Crippen LogP contribution in [0.3, 0.4) is 0 Å². The first-order chi connectivity index (χ1) is 20.5. The van der Waals surface area contributed by atoms with E-state index in [0.29, 0.717) is 11.3 Å². The van der Waals surface area contributed by atoms with Gasteiger partial charge in [-0.1, -0.05) is 42.7 Å². The van der Waals surface area contributed by atoms with E-state index in [0.717, 1.165) is 35.6 Å². The lowest BCUT2D eigenvalue weighted by Gasteiger charge is -2.33. The fourth-order valence-corrected chi connectivity index (χ4v) is 6.52. The smallest absolute Gasteiger partial charge is 0.264 e. The number of nitrogens with zero attached hydrogens (tertiary/aromatic N) is 2. The summed E-state index contributed by atoms with van der Waals surface area (Å²) in [5.74, 6) is -0.830. The summed E-state index contributed by atoms with van der Waals surface area (Å²) in [7, 11) is -1.45. The average molecular weight is 612 g/mol. The Bertz CT molecular complexity index is 1520. The van der Waals surface area contributed by atoms with Crippen molar-refractivity contribution in [1.29, 1.82) is 0 Å². The average Bonchev–Trinajstić information content (AvgIpc) is 3.52. The van der Waals surface area contributed by atoms with Crippen LogP contribution >= 0.6 is 0 Å². The molecule has 1 aliphatic carbocycles. The Morgan fingerprint density at radius 2 is 1.63 bits per heavy atom. The van der Waals surface area contributed by atoms with Gasteiger partial charge in [-0.2, -0.15) is 0 Å². The lowest BCUT2D eigenvalue weighted by Crippen LogP contribution is -2.52. The summed E-state index contributed by atoms with van der Waals surface area (Å²) in [5, 5.41) is 3.03. The molecule has 1 fully saturated rings. The first-order valence-corrected chi connectivity index (χ1v) is 15.6. The van der Waals surface area contributed by atoms with Gasteiger partial charge in [0, 0.05) is 18.7 Å². The highest BCUT2D eigenvalue weighted by Crippen LogP contribution is 2.36. The van der Waals surface area contributed by atoms with Gasteiger partial charge in [0.1, 0.15) is 29.9 Å². The third kappa shape index (κ3) is 7.64. The van der Waals surface area contributed by atoms with Crippen molar-refractivity contribution in [1.82, 2.24) is 10.2 Å². The van der Waals surface area contributed by atoms with Gasteiger partial charge in [0.05, 0.1) is 24.8 Å². The molecule has 0 aliphatic heterocycles. The number of anilines is 1. The summed E-state index contributed by atoms with van der Waals surface area (Å²) in [6.45, 7) is 2.78. The van der Waals surface area contributed by atoms with Crippen LogP contribution in [0.2, 0.25) is 0 Å². The number of nitrogens with one attached hydrogen (secondary N) is 1. The molecule has 0 unspecified atom stereocenters. The molecule has 0 aromatic heterocycles. The second-order valence-electron chi connectivity index (χ2n) is 10.7. The molecule has 3 aromatic rings. The fraction of sp³-hybridized carbons (Fsp3) is 0.375.